The molecule has 128 valence electrons. The lowest BCUT2D eigenvalue weighted by Crippen LogP contribution is -2.33. The van der Waals surface area contributed by atoms with Crippen LogP contribution in [-0.2, 0) is 16.4 Å². The topological polar surface area (TPSA) is 46.6 Å². The summed E-state index contributed by atoms with van der Waals surface area (Å²) in [6, 6.07) is 16.4. The van der Waals surface area contributed by atoms with Gasteiger partial charge in [0.15, 0.2) is 0 Å². The van der Waals surface area contributed by atoms with Gasteiger partial charge in [0.1, 0.15) is 5.75 Å². The van der Waals surface area contributed by atoms with Crippen LogP contribution in [0.5, 0.6) is 5.75 Å². The number of sulfonamides is 1. The second kappa shape index (κ2) is 8.66. The SMILES string of the molecule is C=CCN(CCc1ccccc1)S(=O)(=O)c1ccc(OCC)cc1. The van der Waals surface area contributed by atoms with E-state index in [4.69, 9.17) is 4.74 Å². The molecule has 0 saturated carbocycles. The fourth-order valence-electron chi connectivity index (χ4n) is 2.38. The van der Waals surface area contributed by atoms with Crippen molar-refractivity contribution >= 4 is 10.0 Å². The fourth-order valence-corrected chi connectivity index (χ4v) is 3.79. The van der Waals surface area contributed by atoms with E-state index in [0.717, 1.165) is 5.56 Å². The Morgan fingerprint density at radius 3 is 2.33 bits per heavy atom. The van der Waals surface area contributed by atoms with Gasteiger partial charge in [-0.1, -0.05) is 36.4 Å². The molecule has 0 amide bonds. The summed E-state index contributed by atoms with van der Waals surface area (Å²) in [5, 5.41) is 0. The zero-order chi connectivity index (χ0) is 17.4. The van der Waals surface area contributed by atoms with Gasteiger partial charge in [0.05, 0.1) is 11.5 Å². The largest absolute Gasteiger partial charge is 0.494 e. The van der Waals surface area contributed by atoms with Crippen molar-refractivity contribution in [3.8, 4) is 5.75 Å². The minimum atomic E-state index is -3.56. The molecule has 0 fully saturated rings. The normalized spacial score (nSPS) is 11.4. The molecule has 0 spiro atoms. The van der Waals surface area contributed by atoms with E-state index in [2.05, 4.69) is 6.58 Å². The van der Waals surface area contributed by atoms with Crippen molar-refractivity contribution in [2.75, 3.05) is 19.7 Å². The first kappa shape index (κ1) is 18.2. The van der Waals surface area contributed by atoms with Crippen molar-refractivity contribution in [2.24, 2.45) is 0 Å². The third-order valence-corrected chi connectivity index (χ3v) is 5.48. The molecular weight excluding hydrogens is 322 g/mol. The number of ether oxygens (including phenoxy) is 1. The van der Waals surface area contributed by atoms with E-state index < -0.39 is 10.0 Å². The maximum Gasteiger partial charge on any atom is 0.243 e. The molecule has 0 aliphatic carbocycles. The Morgan fingerprint density at radius 2 is 1.75 bits per heavy atom. The van der Waals surface area contributed by atoms with E-state index in [-0.39, 0.29) is 11.4 Å². The number of rotatable bonds is 9. The van der Waals surface area contributed by atoms with Gasteiger partial charge in [-0.2, -0.15) is 4.31 Å². The van der Waals surface area contributed by atoms with Crippen molar-refractivity contribution < 1.29 is 13.2 Å². The Bertz CT molecular complexity index is 740. The maximum absolute atomic E-state index is 12.9. The first-order valence-corrected chi connectivity index (χ1v) is 9.39. The molecule has 0 saturated heterocycles. The van der Waals surface area contributed by atoms with Gasteiger partial charge < -0.3 is 4.74 Å². The zero-order valence-corrected chi connectivity index (χ0v) is 14.7. The molecule has 0 heterocycles. The van der Waals surface area contributed by atoms with Crippen LogP contribution in [0.15, 0.2) is 72.1 Å². The van der Waals surface area contributed by atoms with Crippen molar-refractivity contribution in [3.05, 3.63) is 72.8 Å². The second-order valence-corrected chi connectivity index (χ2v) is 7.23. The summed E-state index contributed by atoms with van der Waals surface area (Å²) in [6.07, 6.45) is 2.27. The first-order chi connectivity index (χ1) is 11.6. The predicted molar refractivity (Wildman–Crippen MR) is 96.7 cm³/mol. The van der Waals surface area contributed by atoms with E-state index in [9.17, 15) is 8.42 Å². The molecule has 2 rings (SSSR count). The molecular formula is C19H23NO3S. The van der Waals surface area contributed by atoms with E-state index >= 15 is 0 Å². The maximum atomic E-state index is 12.9. The lowest BCUT2D eigenvalue weighted by Gasteiger charge is -2.21. The Kier molecular flexibility index (Phi) is 6.58. The molecule has 5 heteroatoms. The van der Waals surface area contributed by atoms with Gasteiger partial charge in [-0.3, -0.25) is 0 Å². The number of benzene rings is 2. The third kappa shape index (κ3) is 4.69. The molecule has 0 aliphatic rings. The molecule has 0 aliphatic heterocycles. The Balaban J connectivity index is 2.16. The molecule has 0 N–H and O–H groups in total. The first-order valence-electron chi connectivity index (χ1n) is 7.95. The summed E-state index contributed by atoms with van der Waals surface area (Å²) in [6.45, 7) is 6.80. The zero-order valence-electron chi connectivity index (χ0n) is 13.9. The number of hydrogen-bond donors (Lipinski definition) is 0. The van der Waals surface area contributed by atoms with Crippen LogP contribution >= 0.6 is 0 Å². The van der Waals surface area contributed by atoms with Gasteiger partial charge in [0.25, 0.3) is 0 Å². The quantitative estimate of drug-likeness (QED) is 0.654. The second-order valence-electron chi connectivity index (χ2n) is 5.29. The summed E-state index contributed by atoms with van der Waals surface area (Å²) >= 11 is 0. The van der Waals surface area contributed by atoms with Crippen LogP contribution in [0.4, 0.5) is 0 Å². The molecule has 0 bridgehead atoms. The van der Waals surface area contributed by atoms with Crippen molar-refractivity contribution in [2.45, 2.75) is 18.2 Å². The lowest BCUT2D eigenvalue weighted by molar-refractivity contribution is 0.340. The molecule has 0 radical (unpaired) electrons. The van der Waals surface area contributed by atoms with Crippen LogP contribution in [0, 0.1) is 0 Å². The van der Waals surface area contributed by atoms with Crippen molar-refractivity contribution in [1.29, 1.82) is 0 Å². The van der Waals surface area contributed by atoms with Crippen LogP contribution < -0.4 is 4.74 Å². The highest BCUT2D eigenvalue weighted by Gasteiger charge is 2.23. The van der Waals surface area contributed by atoms with Gasteiger partial charge in [0, 0.05) is 13.1 Å². The summed E-state index contributed by atoms with van der Waals surface area (Å²) < 4.78 is 32.5. The van der Waals surface area contributed by atoms with Gasteiger partial charge >= 0.3 is 0 Å². The van der Waals surface area contributed by atoms with E-state index in [1.54, 1.807) is 30.3 Å². The minimum absolute atomic E-state index is 0.265. The molecule has 24 heavy (non-hydrogen) atoms. The van der Waals surface area contributed by atoms with Crippen LogP contribution in [0.25, 0.3) is 0 Å². The van der Waals surface area contributed by atoms with Crippen LogP contribution in [-0.4, -0.2) is 32.4 Å². The monoisotopic (exact) mass is 345 g/mol. The third-order valence-electron chi connectivity index (χ3n) is 3.60. The Morgan fingerprint density at radius 1 is 1.08 bits per heavy atom. The van der Waals surface area contributed by atoms with E-state index in [1.807, 2.05) is 37.3 Å². The molecule has 0 unspecified atom stereocenters. The van der Waals surface area contributed by atoms with Gasteiger partial charge in [-0.05, 0) is 43.2 Å². The Hall–Kier alpha value is -2.11. The van der Waals surface area contributed by atoms with Crippen molar-refractivity contribution in [1.82, 2.24) is 4.31 Å². The molecule has 4 nitrogen and oxygen atoms in total. The molecule has 2 aromatic carbocycles. The summed E-state index contributed by atoms with van der Waals surface area (Å²) in [4.78, 5) is 0.265. The van der Waals surface area contributed by atoms with Crippen LogP contribution in [0.2, 0.25) is 0 Å². The summed E-state index contributed by atoms with van der Waals surface area (Å²) in [5.41, 5.74) is 1.11. The number of hydrogen-bond acceptors (Lipinski definition) is 3. The van der Waals surface area contributed by atoms with Crippen LogP contribution in [0.3, 0.4) is 0 Å². The van der Waals surface area contributed by atoms with Crippen LogP contribution in [0.1, 0.15) is 12.5 Å². The summed E-state index contributed by atoms with van der Waals surface area (Å²) in [5.74, 6) is 0.663. The van der Waals surface area contributed by atoms with E-state index in [1.165, 1.54) is 4.31 Å². The standard InChI is InChI=1S/C19H23NO3S/c1-3-15-20(16-14-17-8-6-5-7-9-17)24(21,22)19-12-10-18(11-13-19)23-4-2/h3,5-13H,1,4,14-16H2,2H3. The highest BCUT2D eigenvalue weighted by molar-refractivity contribution is 7.89. The molecule has 2 aromatic rings. The highest BCUT2D eigenvalue weighted by atomic mass is 32.2. The highest BCUT2D eigenvalue weighted by Crippen LogP contribution is 2.20. The fraction of sp³-hybridized carbons (Fsp3) is 0.263. The smallest absolute Gasteiger partial charge is 0.243 e. The van der Waals surface area contributed by atoms with Gasteiger partial charge in [-0.25, -0.2) is 8.42 Å². The van der Waals surface area contributed by atoms with E-state index in [0.29, 0.717) is 25.3 Å². The average Bonchev–Trinajstić information content (AvgIpc) is 2.60. The minimum Gasteiger partial charge on any atom is -0.494 e. The number of nitrogens with zero attached hydrogens (tertiary/aromatic N) is 1. The molecule has 0 atom stereocenters. The van der Waals surface area contributed by atoms with Gasteiger partial charge in [0.2, 0.25) is 10.0 Å². The van der Waals surface area contributed by atoms with Gasteiger partial charge in [-0.15, -0.1) is 6.58 Å². The van der Waals surface area contributed by atoms with Crippen molar-refractivity contribution in [3.63, 3.8) is 0 Å². The Labute approximate surface area is 144 Å². The molecule has 0 aromatic heterocycles. The average molecular weight is 345 g/mol. The predicted octanol–water partition coefficient (Wildman–Crippen LogP) is 3.50. The lowest BCUT2D eigenvalue weighted by atomic mass is 10.1. The summed E-state index contributed by atoms with van der Waals surface area (Å²) in [7, 11) is -3.56.